The lowest BCUT2D eigenvalue weighted by Crippen LogP contribution is -2.35. The Morgan fingerprint density at radius 3 is 2.79 bits per heavy atom. The molecule has 1 heterocycles. The van der Waals surface area contributed by atoms with Crippen molar-refractivity contribution in [2.24, 2.45) is 24.3 Å². The van der Waals surface area contributed by atoms with Crippen LogP contribution in [0.25, 0.3) is 0 Å². The van der Waals surface area contributed by atoms with E-state index in [0.29, 0.717) is 5.41 Å². The second-order valence-corrected chi connectivity index (χ2v) is 7.27. The Morgan fingerprint density at radius 2 is 2.16 bits per heavy atom. The summed E-state index contributed by atoms with van der Waals surface area (Å²) in [6, 6.07) is 0.849. The fraction of sp³-hybridized carbons (Fsp3) is 0.812. The molecule has 3 saturated carbocycles. The summed E-state index contributed by atoms with van der Waals surface area (Å²) in [5.41, 5.74) is 0.585. The minimum atomic E-state index is 0.585. The van der Waals surface area contributed by atoms with Gasteiger partial charge >= 0.3 is 0 Å². The molecule has 0 bridgehead atoms. The molecule has 1 aromatic heterocycles. The van der Waals surface area contributed by atoms with Gasteiger partial charge in [0.25, 0.3) is 0 Å². The number of rotatable bonds is 6. The Morgan fingerprint density at radius 1 is 1.37 bits per heavy atom. The van der Waals surface area contributed by atoms with Crippen LogP contribution in [0.15, 0.2) is 12.4 Å². The Balaban J connectivity index is 1.40. The van der Waals surface area contributed by atoms with E-state index in [1.165, 1.54) is 50.9 Å². The van der Waals surface area contributed by atoms with Gasteiger partial charge in [0.05, 0.1) is 0 Å². The molecule has 3 heteroatoms. The normalized spacial score (nSPS) is 36.5. The Bertz CT molecular complexity index is 450. The van der Waals surface area contributed by atoms with Crippen LogP contribution in [0.2, 0.25) is 0 Å². The quantitative estimate of drug-likeness (QED) is 0.851. The lowest BCUT2D eigenvalue weighted by molar-refractivity contribution is 0.227. The maximum absolute atomic E-state index is 4.49. The average Bonchev–Trinajstić information content (AvgIpc) is 3.30. The van der Waals surface area contributed by atoms with Gasteiger partial charge in [-0.15, -0.1) is 0 Å². The highest BCUT2D eigenvalue weighted by Crippen LogP contribution is 2.61. The van der Waals surface area contributed by atoms with Gasteiger partial charge in [0, 0.05) is 38.4 Å². The topological polar surface area (TPSA) is 29.9 Å². The van der Waals surface area contributed by atoms with E-state index in [2.05, 4.69) is 28.1 Å². The van der Waals surface area contributed by atoms with Crippen LogP contribution in [-0.2, 0) is 13.5 Å². The molecule has 3 aliphatic carbocycles. The van der Waals surface area contributed by atoms with Crippen molar-refractivity contribution in [2.45, 2.75) is 51.0 Å². The minimum absolute atomic E-state index is 0.585. The number of nitrogens with one attached hydrogen (secondary N) is 1. The molecule has 104 valence electrons. The van der Waals surface area contributed by atoms with Crippen molar-refractivity contribution < 1.29 is 0 Å². The van der Waals surface area contributed by atoms with Gasteiger partial charge in [-0.05, 0) is 55.8 Å². The summed E-state index contributed by atoms with van der Waals surface area (Å²) in [4.78, 5) is 4.49. The highest BCUT2D eigenvalue weighted by Gasteiger charge is 2.53. The van der Waals surface area contributed by atoms with E-state index >= 15 is 0 Å². The molecular formula is C16H25N3. The SMILES string of the molecule is Cn1ccnc1CCC1(CNC2CC2)CC2CC2C1. The zero-order valence-corrected chi connectivity index (χ0v) is 11.9. The monoisotopic (exact) mass is 259 g/mol. The van der Waals surface area contributed by atoms with Crippen molar-refractivity contribution >= 4 is 0 Å². The predicted molar refractivity (Wildman–Crippen MR) is 75.8 cm³/mol. The van der Waals surface area contributed by atoms with Crippen molar-refractivity contribution in [3.8, 4) is 0 Å². The smallest absolute Gasteiger partial charge is 0.108 e. The van der Waals surface area contributed by atoms with Crippen molar-refractivity contribution in [3.05, 3.63) is 18.2 Å². The number of nitrogens with zero attached hydrogens (tertiary/aromatic N) is 2. The summed E-state index contributed by atoms with van der Waals surface area (Å²) in [6.07, 6.45) is 13.7. The predicted octanol–water partition coefficient (Wildman–Crippen LogP) is 2.52. The van der Waals surface area contributed by atoms with E-state index < -0.39 is 0 Å². The van der Waals surface area contributed by atoms with Crippen molar-refractivity contribution in [1.82, 2.24) is 14.9 Å². The third kappa shape index (κ3) is 2.45. The van der Waals surface area contributed by atoms with Gasteiger partial charge in [-0.2, -0.15) is 0 Å². The zero-order valence-electron chi connectivity index (χ0n) is 11.9. The lowest BCUT2D eigenvalue weighted by atomic mass is 9.78. The summed E-state index contributed by atoms with van der Waals surface area (Å²) >= 11 is 0. The molecule has 0 amide bonds. The highest BCUT2D eigenvalue weighted by atomic mass is 15.0. The first-order valence-corrected chi connectivity index (χ1v) is 7.94. The van der Waals surface area contributed by atoms with Crippen LogP contribution in [0.4, 0.5) is 0 Å². The maximum atomic E-state index is 4.49. The second kappa shape index (κ2) is 4.34. The fourth-order valence-electron chi connectivity index (χ4n) is 4.11. The number of fused-ring (bicyclic) bond motifs is 1. The first-order valence-electron chi connectivity index (χ1n) is 7.94. The Labute approximate surface area is 115 Å². The second-order valence-electron chi connectivity index (χ2n) is 7.27. The maximum Gasteiger partial charge on any atom is 0.108 e. The molecule has 3 fully saturated rings. The molecule has 19 heavy (non-hydrogen) atoms. The van der Waals surface area contributed by atoms with Crippen LogP contribution >= 0.6 is 0 Å². The molecule has 0 radical (unpaired) electrons. The highest BCUT2D eigenvalue weighted by molar-refractivity contribution is 5.06. The summed E-state index contributed by atoms with van der Waals surface area (Å²) in [5, 5.41) is 3.80. The Hall–Kier alpha value is -0.830. The standard InChI is InChI=1S/C16H25N3/c1-19-7-6-17-15(19)4-5-16(11-18-14-2-3-14)9-12-8-13(12)10-16/h6-7,12-14,18H,2-5,8-11H2,1H3. The number of imidazole rings is 1. The van der Waals surface area contributed by atoms with Crippen molar-refractivity contribution in [1.29, 1.82) is 0 Å². The molecule has 0 aromatic carbocycles. The lowest BCUT2D eigenvalue weighted by Gasteiger charge is -2.31. The van der Waals surface area contributed by atoms with Gasteiger partial charge in [-0.3, -0.25) is 0 Å². The van der Waals surface area contributed by atoms with Crippen LogP contribution in [0.5, 0.6) is 0 Å². The van der Waals surface area contributed by atoms with E-state index in [1.807, 2.05) is 6.20 Å². The van der Waals surface area contributed by atoms with Gasteiger partial charge in [-0.25, -0.2) is 4.98 Å². The summed E-state index contributed by atoms with van der Waals surface area (Å²) < 4.78 is 2.18. The number of aromatic nitrogens is 2. The Kier molecular flexibility index (Phi) is 2.73. The van der Waals surface area contributed by atoms with E-state index in [9.17, 15) is 0 Å². The largest absolute Gasteiger partial charge is 0.338 e. The molecule has 3 nitrogen and oxygen atoms in total. The molecule has 4 rings (SSSR count). The minimum Gasteiger partial charge on any atom is -0.338 e. The molecule has 2 unspecified atom stereocenters. The van der Waals surface area contributed by atoms with Crippen LogP contribution in [0.3, 0.4) is 0 Å². The van der Waals surface area contributed by atoms with Gasteiger partial charge in [0.1, 0.15) is 5.82 Å². The van der Waals surface area contributed by atoms with Crippen molar-refractivity contribution in [2.75, 3.05) is 6.54 Å². The van der Waals surface area contributed by atoms with Crippen LogP contribution in [0, 0.1) is 17.3 Å². The van der Waals surface area contributed by atoms with Gasteiger partial charge in [-0.1, -0.05) is 0 Å². The number of aryl methyl sites for hydroxylation is 2. The van der Waals surface area contributed by atoms with E-state index in [0.717, 1.165) is 24.3 Å². The zero-order chi connectivity index (χ0) is 12.9. The van der Waals surface area contributed by atoms with Crippen LogP contribution in [-0.4, -0.2) is 22.1 Å². The fourth-order valence-corrected chi connectivity index (χ4v) is 4.11. The first-order chi connectivity index (χ1) is 9.24. The molecule has 0 saturated heterocycles. The molecule has 2 atom stereocenters. The molecule has 3 aliphatic rings. The van der Waals surface area contributed by atoms with E-state index in [4.69, 9.17) is 0 Å². The molecule has 0 aliphatic heterocycles. The third-order valence-corrected chi connectivity index (χ3v) is 5.60. The average molecular weight is 259 g/mol. The number of hydrogen-bond donors (Lipinski definition) is 1. The van der Waals surface area contributed by atoms with E-state index in [-0.39, 0.29) is 0 Å². The first kappa shape index (κ1) is 12.0. The summed E-state index contributed by atoms with van der Waals surface area (Å²) in [5.74, 6) is 3.40. The molecule has 1 aromatic rings. The third-order valence-electron chi connectivity index (χ3n) is 5.60. The molecule has 1 N–H and O–H groups in total. The van der Waals surface area contributed by atoms with Crippen LogP contribution in [0.1, 0.15) is 44.3 Å². The van der Waals surface area contributed by atoms with Gasteiger partial charge in [0.2, 0.25) is 0 Å². The van der Waals surface area contributed by atoms with Crippen LogP contribution < -0.4 is 5.32 Å². The van der Waals surface area contributed by atoms with Gasteiger partial charge < -0.3 is 9.88 Å². The van der Waals surface area contributed by atoms with Gasteiger partial charge in [0.15, 0.2) is 0 Å². The summed E-state index contributed by atoms with van der Waals surface area (Å²) in [6.45, 7) is 1.26. The molecule has 0 spiro atoms. The molecular weight excluding hydrogens is 234 g/mol. The number of hydrogen-bond acceptors (Lipinski definition) is 2. The summed E-state index contributed by atoms with van der Waals surface area (Å²) in [7, 11) is 2.11. The van der Waals surface area contributed by atoms with Crippen molar-refractivity contribution in [3.63, 3.8) is 0 Å². The van der Waals surface area contributed by atoms with E-state index in [1.54, 1.807) is 0 Å².